The molecule has 28 heavy (non-hydrogen) atoms. The fraction of sp³-hybridized carbons (Fsp3) is 0.375. The Balaban J connectivity index is 1.85. The van der Waals surface area contributed by atoms with Gasteiger partial charge in [0.15, 0.2) is 5.78 Å². The lowest BCUT2D eigenvalue weighted by Gasteiger charge is -2.22. The van der Waals surface area contributed by atoms with Gasteiger partial charge in [-0.25, -0.2) is 4.39 Å². The highest BCUT2D eigenvalue weighted by Gasteiger charge is 2.49. The molecule has 0 bridgehead atoms. The molecule has 146 valence electrons. The van der Waals surface area contributed by atoms with Gasteiger partial charge in [0.05, 0.1) is 5.60 Å². The molecule has 0 amide bonds. The predicted octanol–water partition coefficient (Wildman–Crippen LogP) is 6.56. The molecule has 1 saturated carbocycles. The molecule has 2 fully saturated rings. The SMILES string of the molecule is CC1(C)OC(C)(C)C(=Cc2cc(-c3ccc(Cl)cc3F)ccc2C2CC2)C1=O. The summed E-state index contributed by atoms with van der Waals surface area (Å²) in [6.07, 6.45) is 4.23. The Kier molecular flexibility index (Phi) is 4.52. The molecule has 2 aromatic rings. The second-order valence-corrected chi connectivity index (χ2v) is 9.19. The summed E-state index contributed by atoms with van der Waals surface area (Å²) in [6, 6.07) is 10.7. The Morgan fingerprint density at radius 1 is 1.07 bits per heavy atom. The number of halogens is 2. The largest absolute Gasteiger partial charge is 0.357 e. The van der Waals surface area contributed by atoms with E-state index >= 15 is 0 Å². The van der Waals surface area contributed by atoms with Crippen molar-refractivity contribution in [1.29, 1.82) is 0 Å². The fourth-order valence-corrected chi connectivity index (χ4v) is 4.25. The van der Waals surface area contributed by atoms with Crippen molar-refractivity contribution >= 4 is 23.5 Å². The maximum atomic E-state index is 14.5. The van der Waals surface area contributed by atoms with Gasteiger partial charge in [-0.3, -0.25) is 4.79 Å². The van der Waals surface area contributed by atoms with E-state index in [4.69, 9.17) is 16.3 Å². The lowest BCUT2D eigenvalue weighted by Crippen LogP contribution is -2.29. The van der Waals surface area contributed by atoms with E-state index < -0.39 is 11.2 Å². The highest BCUT2D eigenvalue weighted by molar-refractivity contribution is 6.30. The molecular formula is C24H24ClFO2. The van der Waals surface area contributed by atoms with Crippen molar-refractivity contribution in [2.75, 3.05) is 0 Å². The first-order valence-electron chi connectivity index (χ1n) is 9.65. The number of hydrogen-bond donors (Lipinski definition) is 0. The monoisotopic (exact) mass is 398 g/mol. The number of hydrogen-bond acceptors (Lipinski definition) is 2. The van der Waals surface area contributed by atoms with Gasteiger partial charge in [0, 0.05) is 16.2 Å². The summed E-state index contributed by atoms with van der Waals surface area (Å²) in [4.78, 5) is 12.9. The predicted molar refractivity (Wildman–Crippen MR) is 111 cm³/mol. The van der Waals surface area contributed by atoms with Crippen LogP contribution in [-0.4, -0.2) is 17.0 Å². The zero-order valence-electron chi connectivity index (χ0n) is 16.6. The molecule has 4 heteroatoms. The number of Topliss-reactive ketones (excluding diaryl/α,β-unsaturated/α-hetero) is 1. The van der Waals surface area contributed by atoms with Crippen molar-refractivity contribution in [1.82, 2.24) is 0 Å². The number of ether oxygens (including phenoxy) is 1. The zero-order valence-corrected chi connectivity index (χ0v) is 17.4. The first kappa shape index (κ1) is 19.4. The van der Waals surface area contributed by atoms with E-state index in [9.17, 15) is 9.18 Å². The van der Waals surface area contributed by atoms with Crippen LogP contribution in [0.4, 0.5) is 4.39 Å². The summed E-state index contributed by atoms with van der Waals surface area (Å²) in [6.45, 7) is 7.45. The van der Waals surface area contributed by atoms with Crippen LogP contribution in [0.25, 0.3) is 17.2 Å². The van der Waals surface area contributed by atoms with Crippen LogP contribution in [0, 0.1) is 5.82 Å². The maximum absolute atomic E-state index is 14.5. The summed E-state index contributed by atoms with van der Waals surface area (Å²) in [5.74, 6) is 0.152. The maximum Gasteiger partial charge on any atom is 0.192 e. The van der Waals surface area contributed by atoms with Gasteiger partial charge >= 0.3 is 0 Å². The first-order chi connectivity index (χ1) is 13.1. The number of carbonyl (C=O) groups is 1. The summed E-state index contributed by atoms with van der Waals surface area (Å²) in [5.41, 5.74) is 2.60. The van der Waals surface area contributed by atoms with E-state index in [1.165, 1.54) is 11.6 Å². The van der Waals surface area contributed by atoms with Crippen LogP contribution in [0.3, 0.4) is 0 Å². The molecule has 2 aliphatic rings. The van der Waals surface area contributed by atoms with E-state index in [1.807, 2.05) is 32.1 Å². The minimum absolute atomic E-state index is 0.00215. The molecule has 1 heterocycles. The van der Waals surface area contributed by atoms with Crippen molar-refractivity contribution in [3.8, 4) is 11.1 Å². The molecule has 0 N–H and O–H groups in total. The van der Waals surface area contributed by atoms with Gasteiger partial charge in [0.2, 0.25) is 0 Å². The number of benzene rings is 2. The Labute approximate surface area is 170 Å². The molecule has 2 nitrogen and oxygen atoms in total. The molecule has 1 saturated heterocycles. The molecule has 0 spiro atoms. The van der Waals surface area contributed by atoms with Gasteiger partial charge in [0.1, 0.15) is 11.4 Å². The Morgan fingerprint density at radius 2 is 1.79 bits per heavy atom. The average molecular weight is 399 g/mol. The second kappa shape index (κ2) is 6.53. The van der Waals surface area contributed by atoms with E-state index in [0.29, 0.717) is 22.1 Å². The third-order valence-corrected chi connectivity index (χ3v) is 5.83. The van der Waals surface area contributed by atoms with E-state index in [2.05, 4.69) is 6.07 Å². The highest BCUT2D eigenvalue weighted by atomic mass is 35.5. The molecule has 0 aromatic heterocycles. The van der Waals surface area contributed by atoms with Crippen LogP contribution in [0.5, 0.6) is 0 Å². The summed E-state index contributed by atoms with van der Waals surface area (Å²) in [7, 11) is 0. The van der Waals surface area contributed by atoms with Crippen LogP contribution in [-0.2, 0) is 9.53 Å². The Morgan fingerprint density at radius 3 is 2.36 bits per heavy atom. The zero-order chi connectivity index (χ0) is 20.3. The van der Waals surface area contributed by atoms with Gasteiger partial charge in [-0.1, -0.05) is 23.7 Å². The summed E-state index contributed by atoms with van der Waals surface area (Å²) in [5, 5.41) is 0.371. The van der Waals surface area contributed by atoms with E-state index in [-0.39, 0.29) is 11.6 Å². The standard InChI is InChI=1S/C24H24ClFO2/c1-23(2)20(22(27)24(3,4)28-23)12-16-11-15(7-9-18(16)14-5-6-14)19-10-8-17(25)13-21(19)26/h7-14H,5-6H2,1-4H3. The van der Waals surface area contributed by atoms with Crippen LogP contribution >= 0.6 is 11.6 Å². The highest BCUT2D eigenvalue weighted by Crippen LogP contribution is 2.45. The topological polar surface area (TPSA) is 26.3 Å². The van der Waals surface area contributed by atoms with Crippen LogP contribution in [0.2, 0.25) is 5.02 Å². The fourth-order valence-electron chi connectivity index (χ4n) is 4.09. The van der Waals surface area contributed by atoms with Gasteiger partial charge in [-0.05, 0) is 93.5 Å². The Hall–Kier alpha value is -1.97. The minimum Gasteiger partial charge on any atom is -0.357 e. The lowest BCUT2D eigenvalue weighted by molar-refractivity contribution is -0.132. The third kappa shape index (κ3) is 3.42. The molecule has 4 rings (SSSR count). The molecular weight excluding hydrogens is 375 g/mol. The van der Waals surface area contributed by atoms with Crippen molar-refractivity contribution in [2.24, 2.45) is 0 Å². The summed E-state index contributed by atoms with van der Waals surface area (Å²) < 4.78 is 20.5. The van der Waals surface area contributed by atoms with Gasteiger partial charge in [-0.15, -0.1) is 0 Å². The smallest absolute Gasteiger partial charge is 0.192 e. The van der Waals surface area contributed by atoms with Crippen LogP contribution in [0.1, 0.15) is 57.6 Å². The molecule has 2 aromatic carbocycles. The van der Waals surface area contributed by atoms with E-state index in [1.54, 1.807) is 26.0 Å². The first-order valence-corrected chi connectivity index (χ1v) is 10.0. The van der Waals surface area contributed by atoms with E-state index in [0.717, 1.165) is 24.0 Å². The third-order valence-electron chi connectivity index (χ3n) is 5.60. The minimum atomic E-state index is -0.838. The quantitative estimate of drug-likeness (QED) is 0.547. The molecule has 1 aliphatic heterocycles. The second-order valence-electron chi connectivity index (χ2n) is 8.75. The average Bonchev–Trinajstić information content (AvgIpc) is 3.40. The number of rotatable bonds is 3. The summed E-state index contributed by atoms with van der Waals surface area (Å²) >= 11 is 5.90. The normalized spacial score (nSPS) is 22.1. The number of ketones is 1. The number of carbonyl (C=O) groups excluding carboxylic acids is 1. The molecule has 1 aliphatic carbocycles. The van der Waals surface area contributed by atoms with Gasteiger partial charge in [-0.2, -0.15) is 0 Å². The van der Waals surface area contributed by atoms with Crippen molar-refractivity contribution in [2.45, 2.75) is 57.7 Å². The van der Waals surface area contributed by atoms with Crippen molar-refractivity contribution in [3.05, 3.63) is 63.9 Å². The van der Waals surface area contributed by atoms with Gasteiger partial charge < -0.3 is 4.74 Å². The van der Waals surface area contributed by atoms with Crippen LogP contribution < -0.4 is 0 Å². The van der Waals surface area contributed by atoms with Crippen molar-refractivity contribution < 1.29 is 13.9 Å². The molecule has 0 radical (unpaired) electrons. The lowest BCUT2D eigenvalue weighted by atomic mass is 9.88. The molecule has 0 unspecified atom stereocenters. The van der Waals surface area contributed by atoms with Gasteiger partial charge in [0.25, 0.3) is 0 Å². The Bertz CT molecular complexity index is 1000. The van der Waals surface area contributed by atoms with Crippen molar-refractivity contribution in [3.63, 3.8) is 0 Å². The van der Waals surface area contributed by atoms with Crippen LogP contribution in [0.15, 0.2) is 42.0 Å². The molecule has 0 atom stereocenters.